The number of halogens is 2. The number of hydrogen-bond donors (Lipinski definition) is 3. The van der Waals surface area contributed by atoms with Gasteiger partial charge in [-0.15, -0.1) is 0 Å². The number of nitrogen functional groups attached to an aromatic ring is 1. The zero-order valence-electron chi connectivity index (χ0n) is 14.6. The summed E-state index contributed by atoms with van der Waals surface area (Å²) in [5.74, 6) is -0.744. The summed E-state index contributed by atoms with van der Waals surface area (Å²) in [5.41, 5.74) is 10.6. The van der Waals surface area contributed by atoms with Gasteiger partial charge < -0.3 is 10.8 Å². The molecule has 27 heavy (non-hydrogen) atoms. The van der Waals surface area contributed by atoms with Crippen LogP contribution >= 0.6 is 0 Å². The molecule has 0 amide bonds. The first-order valence-electron chi connectivity index (χ1n) is 8.42. The van der Waals surface area contributed by atoms with Crippen molar-refractivity contribution in [3.8, 4) is 16.9 Å². The first-order chi connectivity index (χ1) is 12.9. The van der Waals surface area contributed by atoms with E-state index in [2.05, 4.69) is 10.2 Å². The highest BCUT2D eigenvalue weighted by molar-refractivity contribution is 5.93. The molecule has 0 saturated heterocycles. The number of nitrogens with zero attached hydrogens (tertiary/aromatic N) is 1. The molecule has 3 aromatic carbocycles. The quantitative estimate of drug-likeness (QED) is 0.493. The van der Waals surface area contributed by atoms with E-state index in [-0.39, 0.29) is 5.75 Å². The molecule has 6 heteroatoms. The average molecular weight is 365 g/mol. The molecule has 0 spiro atoms. The first-order valence-corrected chi connectivity index (χ1v) is 8.42. The van der Waals surface area contributed by atoms with Crippen molar-refractivity contribution in [1.29, 1.82) is 0 Å². The van der Waals surface area contributed by atoms with Crippen molar-refractivity contribution in [2.45, 2.75) is 13.3 Å². The monoisotopic (exact) mass is 365 g/mol. The van der Waals surface area contributed by atoms with E-state index in [0.29, 0.717) is 17.8 Å². The molecule has 0 aliphatic heterocycles. The van der Waals surface area contributed by atoms with Crippen molar-refractivity contribution in [2.75, 3.05) is 5.73 Å². The van der Waals surface area contributed by atoms with Gasteiger partial charge in [0, 0.05) is 11.5 Å². The smallest absolute Gasteiger partial charge is 0.153 e. The molecule has 1 aromatic heterocycles. The van der Waals surface area contributed by atoms with E-state index in [1.54, 1.807) is 12.1 Å². The molecular formula is C21H17F2N3O. The topological polar surface area (TPSA) is 74.9 Å². The number of phenolic OH excluding ortho intramolecular Hbond substituents is 1. The maximum Gasteiger partial charge on any atom is 0.153 e. The van der Waals surface area contributed by atoms with Gasteiger partial charge in [0.25, 0.3) is 0 Å². The van der Waals surface area contributed by atoms with Crippen LogP contribution in [0.1, 0.15) is 16.7 Å². The number of aromatic hydroxyl groups is 1. The van der Waals surface area contributed by atoms with Gasteiger partial charge in [-0.1, -0.05) is 6.07 Å². The number of aromatic amines is 1. The summed E-state index contributed by atoms with van der Waals surface area (Å²) in [6.45, 7) is 1.94. The molecule has 4 N–H and O–H groups in total. The van der Waals surface area contributed by atoms with E-state index < -0.39 is 11.6 Å². The molecule has 136 valence electrons. The molecule has 0 fully saturated rings. The number of nitrogens with one attached hydrogen (secondary N) is 1. The van der Waals surface area contributed by atoms with Crippen LogP contribution in [0.3, 0.4) is 0 Å². The Labute approximate surface area is 154 Å². The Kier molecular flexibility index (Phi) is 4.03. The van der Waals surface area contributed by atoms with E-state index in [0.717, 1.165) is 39.2 Å². The van der Waals surface area contributed by atoms with Crippen LogP contribution in [0.15, 0.2) is 48.5 Å². The lowest BCUT2D eigenvalue weighted by atomic mass is 9.91. The molecule has 4 nitrogen and oxygen atoms in total. The van der Waals surface area contributed by atoms with Crippen LogP contribution in [0.4, 0.5) is 14.6 Å². The molecule has 1 heterocycles. The Hall–Kier alpha value is -3.41. The normalized spacial score (nSPS) is 11.2. The van der Waals surface area contributed by atoms with Gasteiger partial charge in [0.1, 0.15) is 17.4 Å². The van der Waals surface area contributed by atoms with Gasteiger partial charge >= 0.3 is 0 Å². The number of nitrogens with two attached hydrogens (primary N) is 1. The number of anilines is 1. The number of benzene rings is 3. The minimum atomic E-state index is -0.621. The minimum absolute atomic E-state index is 0.141. The van der Waals surface area contributed by atoms with Gasteiger partial charge in [0.15, 0.2) is 5.82 Å². The second-order valence-electron chi connectivity index (χ2n) is 6.62. The van der Waals surface area contributed by atoms with Gasteiger partial charge in [-0.2, -0.15) is 5.10 Å². The minimum Gasteiger partial charge on any atom is -0.508 e. The van der Waals surface area contributed by atoms with E-state index in [9.17, 15) is 13.9 Å². The number of fused-ring (bicyclic) bond motifs is 1. The van der Waals surface area contributed by atoms with E-state index in [1.807, 2.05) is 25.1 Å². The highest BCUT2D eigenvalue weighted by Gasteiger charge is 2.14. The second-order valence-corrected chi connectivity index (χ2v) is 6.62. The SMILES string of the molecule is Cc1ccc(O)cc1-c1cc2[nH]nc(N)c2cc1Cc1cc(F)cc(F)c1. The number of hydrogen-bond acceptors (Lipinski definition) is 3. The molecule has 4 rings (SSSR count). The molecule has 0 radical (unpaired) electrons. The third-order valence-corrected chi connectivity index (χ3v) is 4.64. The zero-order valence-corrected chi connectivity index (χ0v) is 14.6. The van der Waals surface area contributed by atoms with Crippen LogP contribution in [0.5, 0.6) is 5.75 Å². The number of H-pyrrole nitrogens is 1. The number of aromatic nitrogens is 2. The fourth-order valence-electron chi connectivity index (χ4n) is 3.36. The van der Waals surface area contributed by atoms with Gasteiger partial charge in [-0.3, -0.25) is 5.10 Å². The fraction of sp³-hybridized carbons (Fsp3) is 0.0952. The molecule has 0 unspecified atom stereocenters. The van der Waals surface area contributed by atoms with Gasteiger partial charge in [-0.25, -0.2) is 8.78 Å². The number of phenols is 1. The molecule has 4 aromatic rings. The van der Waals surface area contributed by atoms with E-state index >= 15 is 0 Å². The van der Waals surface area contributed by atoms with Crippen LogP contribution in [0, 0.1) is 18.6 Å². The zero-order chi connectivity index (χ0) is 19.1. The Morgan fingerprint density at radius 2 is 1.74 bits per heavy atom. The third kappa shape index (κ3) is 3.21. The maximum atomic E-state index is 13.6. The van der Waals surface area contributed by atoms with Crippen molar-refractivity contribution in [1.82, 2.24) is 10.2 Å². The lowest BCUT2D eigenvalue weighted by Crippen LogP contribution is -1.96. The van der Waals surface area contributed by atoms with E-state index in [4.69, 9.17) is 5.73 Å². The second kappa shape index (κ2) is 6.39. The largest absolute Gasteiger partial charge is 0.508 e. The Morgan fingerprint density at radius 1 is 1.00 bits per heavy atom. The lowest BCUT2D eigenvalue weighted by Gasteiger charge is -2.14. The maximum absolute atomic E-state index is 13.6. The standard InChI is InChI=1S/C21H17F2N3O/c1-11-2-3-16(27)9-17(11)18-10-20-19(21(24)26-25-20)7-13(18)4-12-5-14(22)8-15(23)6-12/h2-3,5-10,27H,4H2,1H3,(H3,24,25,26). The van der Waals surface area contributed by atoms with Gasteiger partial charge in [-0.05, 0) is 77.6 Å². The van der Waals surface area contributed by atoms with Crippen molar-refractivity contribution in [2.24, 2.45) is 0 Å². The van der Waals surface area contributed by atoms with Crippen molar-refractivity contribution in [3.05, 3.63) is 76.9 Å². The van der Waals surface area contributed by atoms with Crippen molar-refractivity contribution < 1.29 is 13.9 Å². The van der Waals surface area contributed by atoms with Crippen LogP contribution < -0.4 is 5.73 Å². The van der Waals surface area contributed by atoms with E-state index in [1.165, 1.54) is 12.1 Å². The predicted octanol–water partition coefficient (Wildman–Crippen LogP) is 4.70. The van der Waals surface area contributed by atoms with Gasteiger partial charge in [0.2, 0.25) is 0 Å². The fourth-order valence-corrected chi connectivity index (χ4v) is 3.36. The van der Waals surface area contributed by atoms with Crippen molar-refractivity contribution >= 4 is 16.7 Å². The summed E-state index contributed by atoms with van der Waals surface area (Å²) >= 11 is 0. The number of aryl methyl sites for hydroxylation is 1. The molecule has 0 atom stereocenters. The third-order valence-electron chi connectivity index (χ3n) is 4.64. The summed E-state index contributed by atoms with van der Waals surface area (Å²) in [7, 11) is 0. The highest BCUT2D eigenvalue weighted by atomic mass is 19.1. The highest BCUT2D eigenvalue weighted by Crippen LogP contribution is 2.35. The summed E-state index contributed by atoms with van der Waals surface area (Å²) in [6.07, 6.45) is 0.305. The Balaban J connectivity index is 1.93. The predicted molar refractivity (Wildman–Crippen MR) is 102 cm³/mol. The summed E-state index contributed by atoms with van der Waals surface area (Å²) < 4.78 is 27.3. The summed E-state index contributed by atoms with van der Waals surface area (Å²) in [5, 5.41) is 17.6. The van der Waals surface area contributed by atoms with Crippen molar-refractivity contribution in [3.63, 3.8) is 0 Å². The molecule has 0 saturated carbocycles. The Bertz CT molecular complexity index is 1150. The Morgan fingerprint density at radius 3 is 2.48 bits per heavy atom. The summed E-state index contributed by atoms with van der Waals surface area (Å²) in [6, 6.07) is 12.3. The molecule has 0 aliphatic rings. The lowest BCUT2D eigenvalue weighted by molar-refractivity contribution is 0.475. The summed E-state index contributed by atoms with van der Waals surface area (Å²) in [4.78, 5) is 0. The molecule has 0 bridgehead atoms. The number of rotatable bonds is 3. The van der Waals surface area contributed by atoms with Crippen LogP contribution in [0.25, 0.3) is 22.0 Å². The van der Waals surface area contributed by atoms with Crippen LogP contribution in [-0.2, 0) is 6.42 Å². The average Bonchev–Trinajstić information content (AvgIpc) is 2.96. The first kappa shape index (κ1) is 17.0. The van der Waals surface area contributed by atoms with Crippen LogP contribution in [0.2, 0.25) is 0 Å². The van der Waals surface area contributed by atoms with Crippen LogP contribution in [-0.4, -0.2) is 15.3 Å². The molecule has 0 aliphatic carbocycles. The van der Waals surface area contributed by atoms with Gasteiger partial charge in [0.05, 0.1) is 5.52 Å². The molecular weight excluding hydrogens is 348 g/mol.